The van der Waals surface area contributed by atoms with Crippen LogP contribution in [0.1, 0.15) is 35.7 Å². The van der Waals surface area contributed by atoms with E-state index >= 15 is 0 Å². The largest absolute Gasteiger partial charge is 0.273 e. The lowest BCUT2D eigenvalue weighted by Crippen LogP contribution is -2.49. The fraction of sp³-hybridized carbons (Fsp3) is 0.261. The predicted molar refractivity (Wildman–Crippen MR) is 118 cm³/mol. The minimum Gasteiger partial charge on any atom is -0.272 e. The Labute approximate surface area is 193 Å². The summed E-state index contributed by atoms with van der Waals surface area (Å²) in [6.07, 6.45) is 2.69. The summed E-state index contributed by atoms with van der Waals surface area (Å²) in [4.78, 5) is 60.9. The first kappa shape index (κ1) is 22.8. The summed E-state index contributed by atoms with van der Waals surface area (Å²) in [6.45, 7) is 1.64. The van der Waals surface area contributed by atoms with Gasteiger partial charge in [-0.3, -0.25) is 34.6 Å². The highest BCUT2D eigenvalue weighted by molar-refractivity contribution is 6.08. The maximum absolute atomic E-state index is 13.5. The van der Waals surface area contributed by atoms with Gasteiger partial charge in [-0.2, -0.15) is 5.01 Å². The SMILES string of the molecule is CC1=CC[C@@H]2C(=O)N(N(Cc3ccc([N+](=O)[O-])cc3)C(=O)c3cccc([N+](=O)[O-])c3)C(=O)[C@@H]2C1. The molecule has 1 heterocycles. The highest BCUT2D eigenvalue weighted by Crippen LogP contribution is 2.39. The van der Waals surface area contributed by atoms with Crippen LogP contribution in [-0.2, 0) is 16.1 Å². The fourth-order valence-electron chi connectivity index (χ4n) is 4.29. The normalized spacial score (nSPS) is 19.4. The molecule has 0 radical (unpaired) electrons. The lowest BCUT2D eigenvalue weighted by molar-refractivity contribution is -0.385. The summed E-state index contributed by atoms with van der Waals surface area (Å²) >= 11 is 0. The molecule has 1 saturated heterocycles. The zero-order valence-corrected chi connectivity index (χ0v) is 18.1. The molecular formula is C23H20N4O7. The number of benzene rings is 2. The second-order valence-corrected chi connectivity index (χ2v) is 8.29. The van der Waals surface area contributed by atoms with Crippen LogP contribution in [-0.4, -0.2) is 37.6 Å². The number of non-ortho nitro benzene ring substituents is 2. The van der Waals surface area contributed by atoms with Gasteiger partial charge < -0.3 is 0 Å². The number of hydrogen-bond donors (Lipinski definition) is 0. The monoisotopic (exact) mass is 464 g/mol. The van der Waals surface area contributed by atoms with Crippen molar-refractivity contribution in [3.8, 4) is 0 Å². The van der Waals surface area contributed by atoms with Crippen molar-refractivity contribution in [1.82, 2.24) is 10.0 Å². The van der Waals surface area contributed by atoms with E-state index in [0.29, 0.717) is 18.4 Å². The van der Waals surface area contributed by atoms with Crippen molar-refractivity contribution in [1.29, 1.82) is 0 Å². The third-order valence-electron chi connectivity index (χ3n) is 6.06. The average molecular weight is 464 g/mol. The molecule has 11 heteroatoms. The smallest absolute Gasteiger partial charge is 0.272 e. The van der Waals surface area contributed by atoms with Gasteiger partial charge in [0.15, 0.2) is 0 Å². The highest BCUT2D eigenvalue weighted by atomic mass is 16.6. The summed E-state index contributed by atoms with van der Waals surface area (Å²) in [7, 11) is 0. The van der Waals surface area contributed by atoms with E-state index < -0.39 is 39.4 Å². The van der Waals surface area contributed by atoms with Crippen molar-refractivity contribution >= 4 is 29.1 Å². The van der Waals surface area contributed by atoms with Crippen molar-refractivity contribution in [2.24, 2.45) is 11.8 Å². The van der Waals surface area contributed by atoms with Gasteiger partial charge in [0.2, 0.25) is 0 Å². The van der Waals surface area contributed by atoms with Crippen molar-refractivity contribution in [3.05, 3.63) is 91.5 Å². The zero-order valence-electron chi connectivity index (χ0n) is 18.1. The molecule has 2 aliphatic rings. The molecule has 2 aromatic carbocycles. The Morgan fingerprint density at radius 2 is 1.65 bits per heavy atom. The molecule has 0 aromatic heterocycles. The van der Waals surface area contributed by atoms with E-state index in [-0.39, 0.29) is 23.5 Å². The van der Waals surface area contributed by atoms with E-state index in [1.165, 1.54) is 42.5 Å². The second-order valence-electron chi connectivity index (χ2n) is 8.29. The number of amides is 3. The van der Waals surface area contributed by atoms with Crippen molar-refractivity contribution in [2.75, 3.05) is 0 Å². The van der Waals surface area contributed by atoms with Crippen LogP contribution in [0.2, 0.25) is 0 Å². The number of hydrogen-bond acceptors (Lipinski definition) is 7. The summed E-state index contributed by atoms with van der Waals surface area (Å²) in [5.74, 6) is -2.97. The summed E-state index contributed by atoms with van der Waals surface area (Å²) in [5, 5.41) is 24.0. The molecule has 0 N–H and O–H groups in total. The Morgan fingerprint density at radius 1 is 1.00 bits per heavy atom. The number of nitro benzene ring substituents is 2. The van der Waals surface area contributed by atoms with Gasteiger partial charge in [-0.15, -0.1) is 0 Å². The summed E-state index contributed by atoms with van der Waals surface area (Å²) in [6, 6.07) is 10.4. The first-order chi connectivity index (χ1) is 16.2. The fourth-order valence-corrected chi connectivity index (χ4v) is 4.29. The van der Waals surface area contributed by atoms with Crippen molar-refractivity contribution < 1.29 is 24.2 Å². The number of allylic oxidation sites excluding steroid dienone is 2. The standard InChI is InChI=1S/C23H20N4O7/c1-14-5-10-19-20(11-14)23(30)25(22(19)29)24(13-15-6-8-17(9-7-15)26(31)32)21(28)16-3-2-4-18(12-16)27(33)34/h2-9,12,19-20H,10-11,13H2,1H3/t19-,20+/m0/s1. The van der Waals surface area contributed by atoms with Gasteiger partial charge in [-0.05, 0) is 31.4 Å². The van der Waals surface area contributed by atoms with Crippen molar-refractivity contribution in [3.63, 3.8) is 0 Å². The number of nitro groups is 2. The van der Waals surface area contributed by atoms with Gasteiger partial charge in [0, 0.05) is 29.8 Å². The predicted octanol–water partition coefficient (Wildman–Crippen LogP) is 3.40. The van der Waals surface area contributed by atoms with Crippen LogP contribution in [0.15, 0.2) is 60.2 Å². The lowest BCUT2D eigenvalue weighted by Gasteiger charge is -2.30. The molecule has 1 aliphatic carbocycles. The summed E-state index contributed by atoms with van der Waals surface area (Å²) < 4.78 is 0. The third kappa shape index (κ3) is 4.15. The van der Waals surface area contributed by atoms with E-state index in [2.05, 4.69) is 0 Å². The number of hydrazine groups is 1. The van der Waals surface area contributed by atoms with E-state index in [1.807, 2.05) is 13.0 Å². The Balaban J connectivity index is 1.72. The van der Waals surface area contributed by atoms with Crippen LogP contribution < -0.4 is 0 Å². The maximum Gasteiger partial charge on any atom is 0.273 e. The van der Waals surface area contributed by atoms with Gasteiger partial charge in [0.05, 0.1) is 28.2 Å². The zero-order chi connectivity index (χ0) is 24.6. The molecule has 4 rings (SSSR count). The molecule has 1 aliphatic heterocycles. The van der Waals surface area contributed by atoms with Crippen LogP contribution >= 0.6 is 0 Å². The van der Waals surface area contributed by atoms with Crippen molar-refractivity contribution in [2.45, 2.75) is 26.3 Å². The highest BCUT2D eigenvalue weighted by Gasteiger charge is 2.51. The molecule has 11 nitrogen and oxygen atoms in total. The first-order valence-corrected chi connectivity index (χ1v) is 10.5. The molecule has 2 atom stereocenters. The molecule has 0 saturated carbocycles. The molecule has 34 heavy (non-hydrogen) atoms. The van der Waals surface area contributed by atoms with Crippen LogP contribution in [0.25, 0.3) is 0 Å². The van der Waals surface area contributed by atoms with Gasteiger partial charge in [0.1, 0.15) is 0 Å². The lowest BCUT2D eigenvalue weighted by atomic mass is 9.82. The molecular weight excluding hydrogens is 444 g/mol. The molecule has 3 amide bonds. The third-order valence-corrected chi connectivity index (χ3v) is 6.06. The Morgan fingerprint density at radius 3 is 2.29 bits per heavy atom. The van der Waals surface area contributed by atoms with Gasteiger partial charge in [0.25, 0.3) is 29.1 Å². The topological polar surface area (TPSA) is 144 Å². The Bertz CT molecular complexity index is 1240. The van der Waals surface area contributed by atoms with E-state index in [9.17, 15) is 34.6 Å². The number of rotatable bonds is 6. The Hall–Kier alpha value is -4.41. The molecule has 0 bridgehead atoms. The molecule has 2 aromatic rings. The van der Waals surface area contributed by atoms with Crippen LogP contribution in [0, 0.1) is 32.1 Å². The van der Waals surface area contributed by atoms with Gasteiger partial charge >= 0.3 is 0 Å². The second kappa shape index (κ2) is 8.85. The number of nitrogens with zero attached hydrogens (tertiary/aromatic N) is 4. The van der Waals surface area contributed by atoms with E-state index in [0.717, 1.165) is 21.7 Å². The minimum absolute atomic E-state index is 0.0686. The van der Waals surface area contributed by atoms with Gasteiger partial charge in [-0.25, -0.2) is 5.01 Å². The Kier molecular flexibility index (Phi) is 5.93. The quantitative estimate of drug-likeness (QED) is 0.276. The average Bonchev–Trinajstić information content (AvgIpc) is 3.06. The summed E-state index contributed by atoms with van der Waals surface area (Å²) in [5.41, 5.74) is 0.890. The van der Waals surface area contributed by atoms with E-state index in [4.69, 9.17) is 0 Å². The molecule has 0 spiro atoms. The molecule has 0 unspecified atom stereocenters. The molecule has 174 valence electrons. The van der Waals surface area contributed by atoms with Gasteiger partial charge in [-0.1, -0.05) is 29.8 Å². The maximum atomic E-state index is 13.5. The number of carbonyl (C=O) groups excluding carboxylic acids is 3. The number of carbonyl (C=O) groups is 3. The number of fused-ring (bicyclic) bond motifs is 1. The van der Waals surface area contributed by atoms with Crippen LogP contribution in [0.3, 0.4) is 0 Å². The minimum atomic E-state index is -0.771. The van der Waals surface area contributed by atoms with E-state index in [1.54, 1.807) is 0 Å². The number of imide groups is 1. The van der Waals surface area contributed by atoms with Crippen LogP contribution in [0.5, 0.6) is 0 Å². The van der Waals surface area contributed by atoms with Crippen LogP contribution in [0.4, 0.5) is 11.4 Å². The first-order valence-electron chi connectivity index (χ1n) is 10.5. The molecule has 1 fully saturated rings.